The molecule has 2 saturated heterocycles. The van der Waals surface area contributed by atoms with Gasteiger partial charge in [-0.3, -0.25) is 4.99 Å². The van der Waals surface area contributed by atoms with E-state index < -0.39 is 0 Å². The van der Waals surface area contributed by atoms with Gasteiger partial charge in [0.1, 0.15) is 11.9 Å². The Labute approximate surface area is 163 Å². The van der Waals surface area contributed by atoms with Crippen molar-refractivity contribution in [1.82, 2.24) is 15.5 Å². The minimum absolute atomic E-state index is 0.160. The van der Waals surface area contributed by atoms with E-state index in [1.165, 1.54) is 31.5 Å². The third kappa shape index (κ3) is 6.11. The average Bonchev–Trinajstić information content (AvgIpc) is 3.18. The topological polar surface area (TPSA) is 58.1 Å². The third-order valence-corrected chi connectivity index (χ3v) is 5.47. The second kappa shape index (κ2) is 9.95. The normalized spacial score (nSPS) is 22.0. The molecule has 0 bridgehead atoms. The highest BCUT2D eigenvalue weighted by molar-refractivity contribution is 5.79. The molecule has 27 heavy (non-hydrogen) atoms. The zero-order valence-corrected chi connectivity index (χ0v) is 17.0. The summed E-state index contributed by atoms with van der Waals surface area (Å²) in [7, 11) is 4.02. The van der Waals surface area contributed by atoms with Gasteiger partial charge in [0.05, 0.1) is 13.2 Å². The van der Waals surface area contributed by atoms with Crippen LogP contribution >= 0.6 is 0 Å². The van der Waals surface area contributed by atoms with Gasteiger partial charge in [-0.15, -0.1) is 0 Å². The number of guanidine groups is 1. The quantitative estimate of drug-likeness (QED) is 0.590. The monoisotopic (exact) mass is 374 g/mol. The largest absolute Gasteiger partial charge is 0.488 e. The van der Waals surface area contributed by atoms with Crippen LogP contribution in [-0.2, 0) is 11.3 Å². The molecule has 0 saturated carbocycles. The summed E-state index contributed by atoms with van der Waals surface area (Å²) in [5.74, 6) is 2.52. The van der Waals surface area contributed by atoms with Crippen LogP contribution in [0.1, 0.15) is 30.4 Å². The van der Waals surface area contributed by atoms with Gasteiger partial charge >= 0.3 is 0 Å². The predicted molar refractivity (Wildman–Crippen MR) is 109 cm³/mol. The smallest absolute Gasteiger partial charge is 0.191 e. The lowest BCUT2D eigenvalue weighted by molar-refractivity contribution is 0.140. The Morgan fingerprint density at radius 3 is 2.78 bits per heavy atom. The highest BCUT2D eigenvalue weighted by Crippen LogP contribution is 2.23. The molecular formula is C21H34N4O2. The molecule has 0 spiro atoms. The summed E-state index contributed by atoms with van der Waals surface area (Å²) in [6.07, 6.45) is 3.62. The lowest BCUT2D eigenvalue weighted by atomic mass is 9.97. The molecule has 1 atom stereocenters. The Balaban J connectivity index is 1.51. The van der Waals surface area contributed by atoms with Gasteiger partial charge in [0.25, 0.3) is 0 Å². The number of hydrogen-bond acceptors (Lipinski definition) is 4. The van der Waals surface area contributed by atoms with E-state index in [1.807, 2.05) is 7.05 Å². The minimum atomic E-state index is 0.160. The van der Waals surface area contributed by atoms with Crippen LogP contribution in [0.3, 0.4) is 0 Å². The highest BCUT2D eigenvalue weighted by atomic mass is 16.5. The number of nitrogens with zero attached hydrogens (tertiary/aromatic N) is 2. The molecule has 0 aromatic heterocycles. The standard InChI is InChI=1S/C21H34N4O2/c1-16-4-5-18(20(12-16)27-19-8-11-26-15-19)14-24-21(22-2)23-13-17-6-9-25(3)10-7-17/h4-5,12,17,19H,6-11,13-15H2,1-3H3,(H2,22,23,24). The van der Waals surface area contributed by atoms with Crippen molar-refractivity contribution in [2.75, 3.05) is 46.9 Å². The Bertz CT molecular complexity index is 621. The lowest BCUT2D eigenvalue weighted by Gasteiger charge is -2.29. The zero-order valence-electron chi connectivity index (χ0n) is 17.0. The van der Waals surface area contributed by atoms with E-state index in [1.54, 1.807) is 0 Å². The van der Waals surface area contributed by atoms with Crippen molar-refractivity contribution in [1.29, 1.82) is 0 Å². The van der Waals surface area contributed by atoms with Crippen LogP contribution in [0.25, 0.3) is 0 Å². The SMILES string of the molecule is CN=C(NCc1ccc(C)cc1OC1CCOC1)NCC1CCN(C)CC1. The number of nitrogens with one attached hydrogen (secondary N) is 2. The van der Waals surface area contributed by atoms with Crippen LogP contribution in [0.2, 0.25) is 0 Å². The Morgan fingerprint density at radius 2 is 2.07 bits per heavy atom. The second-order valence-electron chi connectivity index (χ2n) is 7.77. The van der Waals surface area contributed by atoms with Gasteiger partial charge in [0.2, 0.25) is 0 Å². The van der Waals surface area contributed by atoms with Crippen LogP contribution in [0.5, 0.6) is 5.75 Å². The average molecular weight is 375 g/mol. The van der Waals surface area contributed by atoms with Crippen molar-refractivity contribution >= 4 is 5.96 Å². The van der Waals surface area contributed by atoms with Gasteiger partial charge in [-0.2, -0.15) is 0 Å². The molecule has 6 nitrogen and oxygen atoms in total. The molecule has 0 aliphatic carbocycles. The van der Waals surface area contributed by atoms with Crippen molar-refractivity contribution in [2.24, 2.45) is 10.9 Å². The molecule has 2 aliphatic rings. The molecule has 2 heterocycles. The van der Waals surface area contributed by atoms with Crippen molar-refractivity contribution in [3.05, 3.63) is 29.3 Å². The summed E-state index contributed by atoms with van der Waals surface area (Å²) >= 11 is 0. The molecular weight excluding hydrogens is 340 g/mol. The zero-order chi connectivity index (χ0) is 19.1. The summed E-state index contributed by atoms with van der Waals surface area (Å²) in [5.41, 5.74) is 2.35. The first-order chi connectivity index (χ1) is 13.1. The maximum Gasteiger partial charge on any atom is 0.191 e. The summed E-state index contributed by atoms with van der Waals surface area (Å²) in [6.45, 7) is 7.61. The number of rotatable bonds is 6. The van der Waals surface area contributed by atoms with E-state index in [4.69, 9.17) is 9.47 Å². The minimum Gasteiger partial charge on any atom is -0.488 e. The van der Waals surface area contributed by atoms with E-state index in [0.29, 0.717) is 13.2 Å². The number of benzene rings is 1. The van der Waals surface area contributed by atoms with Gasteiger partial charge in [-0.25, -0.2) is 0 Å². The first-order valence-corrected chi connectivity index (χ1v) is 10.1. The number of aryl methyl sites for hydroxylation is 1. The van der Waals surface area contributed by atoms with E-state index in [9.17, 15) is 0 Å². The third-order valence-electron chi connectivity index (χ3n) is 5.47. The van der Waals surface area contributed by atoms with E-state index in [-0.39, 0.29) is 6.10 Å². The van der Waals surface area contributed by atoms with Gasteiger partial charge in [0.15, 0.2) is 5.96 Å². The van der Waals surface area contributed by atoms with Crippen LogP contribution in [-0.4, -0.2) is 63.9 Å². The first kappa shape index (κ1) is 20.0. The number of hydrogen-bond donors (Lipinski definition) is 2. The Morgan fingerprint density at radius 1 is 1.26 bits per heavy atom. The van der Waals surface area contributed by atoms with Gasteiger partial charge in [-0.1, -0.05) is 12.1 Å². The fourth-order valence-electron chi connectivity index (χ4n) is 3.61. The van der Waals surface area contributed by atoms with Gasteiger partial charge in [-0.05, 0) is 57.5 Å². The molecule has 1 aromatic rings. The summed E-state index contributed by atoms with van der Waals surface area (Å²) in [4.78, 5) is 6.78. The first-order valence-electron chi connectivity index (χ1n) is 10.1. The van der Waals surface area contributed by atoms with E-state index in [0.717, 1.165) is 42.8 Å². The van der Waals surface area contributed by atoms with E-state index in [2.05, 4.69) is 52.7 Å². The maximum absolute atomic E-state index is 6.19. The Kier molecular flexibility index (Phi) is 7.35. The fraction of sp³-hybridized carbons (Fsp3) is 0.667. The fourth-order valence-corrected chi connectivity index (χ4v) is 3.61. The molecule has 0 radical (unpaired) electrons. The number of likely N-dealkylation sites (tertiary alicyclic amines) is 1. The highest BCUT2D eigenvalue weighted by Gasteiger charge is 2.19. The number of aliphatic imine (C=N–C) groups is 1. The van der Waals surface area contributed by atoms with Crippen molar-refractivity contribution < 1.29 is 9.47 Å². The molecule has 1 unspecified atom stereocenters. The van der Waals surface area contributed by atoms with Crippen LogP contribution < -0.4 is 15.4 Å². The molecule has 150 valence electrons. The molecule has 2 aliphatic heterocycles. The number of ether oxygens (including phenoxy) is 2. The van der Waals surface area contributed by atoms with Crippen LogP contribution in [0.4, 0.5) is 0 Å². The lowest BCUT2D eigenvalue weighted by Crippen LogP contribution is -2.42. The molecule has 3 rings (SSSR count). The molecule has 2 N–H and O–H groups in total. The predicted octanol–water partition coefficient (Wildman–Crippen LogP) is 2.17. The molecule has 0 amide bonds. The van der Waals surface area contributed by atoms with Crippen LogP contribution in [0, 0.1) is 12.8 Å². The molecule has 2 fully saturated rings. The summed E-state index contributed by atoms with van der Waals surface area (Å²) in [5, 5.41) is 6.92. The number of piperidine rings is 1. The van der Waals surface area contributed by atoms with Gasteiger partial charge in [0, 0.05) is 32.1 Å². The Hall–Kier alpha value is -1.79. The second-order valence-corrected chi connectivity index (χ2v) is 7.77. The summed E-state index contributed by atoms with van der Waals surface area (Å²) < 4.78 is 11.6. The molecule has 6 heteroatoms. The summed E-state index contributed by atoms with van der Waals surface area (Å²) in [6, 6.07) is 6.38. The van der Waals surface area contributed by atoms with Crippen molar-refractivity contribution in [3.63, 3.8) is 0 Å². The van der Waals surface area contributed by atoms with Crippen LogP contribution in [0.15, 0.2) is 23.2 Å². The van der Waals surface area contributed by atoms with Crippen molar-refractivity contribution in [3.8, 4) is 5.75 Å². The molecule has 1 aromatic carbocycles. The van der Waals surface area contributed by atoms with Crippen molar-refractivity contribution in [2.45, 2.75) is 38.8 Å². The van der Waals surface area contributed by atoms with Gasteiger partial charge < -0.3 is 25.0 Å². The maximum atomic E-state index is 6.19. The van der Waals surface area contributed by atoms with E-state index >= 15 is 0 Å².